The zero-order valence-electron chi connectivity index (χ0n) is 13.4. The molecule has 132 valence electrons. The molecule has 0 aliphatic carbocycles. The zero-order valence-corrected chi connectivity index (χ0v) is 14.9. The van der Waals surface area contributed by atoms with Crippen LogP contribution in [0.5, 0.6) is 0 Å². The molecule has 0 fully saturated rings. The van der Waals surface area contributed by atoms with E-state index in [9.17, 15) is 14.0 Å². The van der Waals surface area contributed by atoms with Gasteiger partial charge in [-0.2, -0.15) is 0 Å². The molecule has 0 spiro atoms. The largest absolute Gasteiger partial charge is 0.449 e. The smallest absolute Gasteiger partial charge is 0.340 e. The summed E-state index contributed by atoms with van der Waals surface area (Å²) < 4.78 is 18.5. The van der Waals surface area contributed by atoms with E-state index in [2.05, 4.69) is 5.32 Å². The Morgan fingerprint density at radius 2 is 1.84 bits per heavy atom. The molecule has 1 N–H and O–H groups in total. The van der Waals surface area contributed by atoms with Gasteiger partial charge >= 0.3 is 5.97 Å². The maximum Gasteiger partial charge on any atom is 0.340 e. The van der Waals surface area contributed by atoms with Gasteiger partial charge in [-0.1, -0.05) is 53.5 Å². The third-order valence-electron chi connectivity index (χ3n) is 3.44. The first-order chi connectivity index (χ1) is 11.9. The minimum Gasteiger partial charge on any atom is -0.449 e. The number of nitrogens with one attached hydrogen (secondary N) is 1. The van der Waals surface area contributed by atoms with Gasteiger partial charge in [0.15, 0.2) is 6.10 Å². The Bertz CT molecular complexity index is 768. The fraction of sp³-hybridized carbons (Fsp3) is 0.222. The second kappa shape index (κ2) is 8.83. The SMILES string of the molecule is C[C@@H](OC(=O)c1cc(F)c(Cl)cc1Cl)C(=O)NCCc1ccccc1. The number of esters is 1. The van der Waals surface area contributed by atoms with E-state index < -0.39 is 23.8 Å². The van der Waals surface area contributed by atoms with Crippen molar-refractivity contribution < 1.29 is 18.7 Å². The number of ether oxygens (including phenoxy) is 1. The van der Waals surface area contributed by atoms with Crippen molar-refractivity contribution in [1.29, 1.82) is 0 Å². The number of carbonyl (C=O) groups is 2. The van der Waals surface area contributed by atoms with Crippen LogP contribution in [0, 0.1) is 5.82 Å². The van der Waals surface area contributed by atoms with Crippen molar-refractivity contribution in [3.63, 3.8) is 0 Å². The molecule has 7 heteroatoms. The van der Waals surface area contributed by atoms with Gasteiger partial charge in [0.2, 0.25) is 0 Å². The van der Waals surface area contributed by atoms with E-state index >= 15 is 0 Å². The van der Waals surface area contributed by atoms with Gasteiger partial charge in [0.05, 0.1) is 15.6 Å². The number of amides is 1. The third-order valence-corrected chi connectivity index (χ3v) is 4.04. The lowest BCUT2D eigenvalue weighted by molar-refractivity contribution is -0.129. The van der Waals surface area contributed by atoms with Gasteiger partial charge < -0.3 is 10.1 Å². The lowest BCUT2D eigenvalue weighted by atomic mass is 10.1. The summed E-state index contributed by atoms with van der Waals surface area (Å²) in [4.78, 5) is 24.0. The quantitative estimate of drug-likeness (QED) is 0.604. The maximum atomic E-state index is 13.5. The highest BCUT2D eigenvalue weighted by Crippen LogP contribution is 2.25. The van der Waals surface area contributed by atoms with Gasteiger partial charge in [0.1, 0.15) is 5.82 Å². The van der Waals surface area contributed by atoms with Crippen LogP contribution in [0.3, 0.4) is 0 Å². The molecule has 25 heavy (non-hydrogen) atoms. The number of benzene rings is 2. The van der Waals surface area contributed by atoms with Gasteiger partial charge in [-0.15, -0.1) is 0 Å². The minimum atomic E-state index is -1.04. The Labute approximate surface area is 154 Å². The van der Waals surface area contributed by atoms with Crippen molar-refractivity contribution in [2.45, 2.75) is 19.4 Å². The van der Waals surface area contributed by atoms with Crippen molar-refractivity contribution in [3.8, 4) is 0 Å². The summed E-state index contributed by atoms with van der Waals surface area (Å²) in [6.45, 7) is 1.83. The van der Waals surface area contributed by atoms with Crippen LogP contribution in [-0.4, -0.2) is 24.5 Å². The topological polar surface area (TPSA) is 55.4 Å². The first kappa shape index (κ1) is 19.2. The monoisotopic (exact) mass is 383 g/mol. The maximum absolute atomic E-state index is 13.5. The predicted molar refractivity (Wildman–Crippen MR) is 94.5 cm³/mol. The molecular formula is C18H16Cl2FNO3. The molecular weight excluding hydrogens is 368 g/mol. The van der Waals surface area contributed by atoms with E-state index in [0.717, 1.165) is 17.7 Å². The second-order valence-corrected chi connectivity index (χ2v) is 6.13. The van der Waals surface area contributed by atoms with E-state index in [1.165, 1.54) is 6.92 Å². The van der Waals surface area contributed by atoms with Crippen LogP contribution in [0.1, 0.15) is 22.8 Å². The number of rotatable bonds is 6. The lowest BCUT2D eigenvalue weighted by Gasteiger charge is -2.14. The average molecular weight is 384 g/mol. The number of hydrogen-bond donors (Lipinski definition) is 1. The number of halogens is 3. The van der Waals surface area contributed by atoms with E-state index in [1.54, 1.807) is 0 Å². The molecule has 1 atom stereocenters. The normalized spacial score (nSPS) is 11.7. The summed E-state index contributed by atoms with van der Waals surface area (Å²) in [5, 5.41) is 2.43. The van der Waals surface area contributed by atoms with Crippen LogP contribution in [0.15, 0.2) is 42.5 Å². The van der Waals surface area contributed by atoms with Gasteiger partial charge in [-0.3, -0.25) is 4.79 Å². The van der Waals surface area contributed by atoms with E-state index in [1.807, 2.05) is 30.3 Å². The summed E-state index contributed by atoms with van der Waals surface area (Å²) >= 11 is 11.4. The molecule has 0 saturated carbocycles. The Balaban J connectivity index is 1.88. The Kier molecular flexibility index (Phi) is 6.79. The Morgan fingerprint density at radius 1 is 1.16 bits per heavy atom. The van der Waals surface area contributed by atoms with Crippen molar-refractivity contribution in [2.24, 2.45) is 0 Å². The van der Waals surface area contributed by atoms with E-state index in [0.29, 0.717) is 13.0 Å². The van der Waals surface area contributed by atoms with Gasteiger partial charge in [-0.25, -0.2) is 9.18 Å². The van der Waals surface area contributed by atoms with Gasteiger partial charge in [-0.05, 0) is 31.0 Å². The van der Waals surface area contributed by atoms with E-state index in [-0.39, 0.29) is 15.6 Å². The molecule has 2 aromatic carbocycles. The van der Waals surface area contributed by atoms with Crippen LogP contribution in [0.4, 0.5) is 4.39 Å². The molecule has 0 radical (unpaired) electrons. The third kappa shape index (κ3) is 5.44. The predicted octanol–water partition coefficient (Wildman–Crippen LogP) is 4.04. The van der Waals surface area contributed by atoms with Crippen LogP contribution in [0.2, 0.25) is 10.0 Å². The van der Waals surface area contributed by atoms with Crippen molar-refractivity contribution in [1.82, 2.24) is 5.32 Å². The van der Waals surface area contributed by atoms with Crippen molar-refractivity contribution in [3.05, 3.63) is 69.5 Å². The molecule has 0 aliphatic heterocycles. The summed E-state index contributed by atoms with van der Waals surface area (Å²) in [5.74, 6) is -2.14. The second-order valence-electron chi connectivity index (χ2n) is 5.32. The molecule has 0 saturated heterocycles. The summed E-state index contributed by atoms with van der Waals surface area (Å²) in [5.41, 5.74) is 0.892. The highest BCUT2D eigenvalue weighted by Gasteiger charge is 2.21. The molecule has 2 aromatic rings. The first-order valence-electron chi connectivity index (χ1n) is 7.55. The van der Waals surface area contributed by atoms with Crippen LogP contribution >= 0.6 is 23.2 Å². The minimum absolute atomic E-state index is 0.0481. The molecule has 0 unspecified atom stereocenters. The highest BCUT2D eigenvalue weighted by molar-refractivity contribution is 6.36. The molecule has 1 amide bonds. The van der Waals surface area contributed by atoms with E-state index in [4.69, 9.17) is 27.9 Å². The van der Waals surface area contributed by atoms with Crippen molar-refractivity contribution >= 4 is 35.1 Å². The lowest BCUT2D eigenvalue weighted by Crippen LogP contribution is -2.37. The standard InChI is InChI=1S/C18H16Cl2FNO3/c1-11(17(23)22-8-7-12-5-3-2-4-6-12)25-18(24)13-9-16(21)15(20)10-14(13)19/h2-6,9-11H,7-8H2,1H3,(H,22,23)/t11-/m1/s1. The Morgan fingerprint density at radius 3 is 2.52 bits per heavy atom. The van der Waals surface area contributed by atoms with Crippen LogP contribution in [0.25, 0.3) is 0 Å². The van der Waals surface area contributed by atoms with Crippen LogP contribution in [-0.2, 0) is 16.0 Å². The fourth-order valence-corrected chi connectivity index (χ4v) is 2.54. The molecule has 0 aromatic heterocycles. The Hall–Kier alpha value is -2.11. The molecule has 4 nitrogen and oxygen atoms in total. The summed E-state index contributed by atoms with van der Waals surface area (Å²) in [6, 6.07) is 11.6. The van der Waals surface area contributed by atoms with Crippen LogP contribution < -0.4 is 5.32 Å². The number of hydrogen-bond acceptors (Lipinski definition) is 3. The molecule has 0 heterocycles. The zero-order chi connectivity index (χ0) is 18.4. The average Bonchev–Trinajstić information content (AvgIpc) is 2.58. The van der Waals surface area contributed by atoms with Crippen molar-refractivity contribution in [2.75, 3.05) is 6.54 Å². The molecule has 0 bridgehead atoms. The summed E-state index contributed by atoms with van der Waals surface area (Å²) in [6.07, 6.45) is -0.389. The first-order valence-corrected chi connectivity index (χ1v) is 8.31. The van der Waals surface area contributed by atoms with Gasteiger partial charge in [0, 0.05) is 6.54 Å². The molecule has 2 rings (SSSR count). The molecule has 0 aliphatic rings. The number of carbonyl (C=O) groups excluding carboxylic acids is 2. The highest BCUT2D eigenvalue weighted by atomic mass is 35.5. The van der Waals surface area contributed by atoms with Gasteiger partial charge in [0.25, 0.3) is 5.91 Å². The fourth-order valence-electron chi connectivity index (χ4n) is 2.07. The summed E-state index contributed by atoms with van der Waals surface area (Å²) in [7, 11) is 0.